The molecule has 1 unspecified atom stereocenters. The van der Waals surface area contributed by atoms with Gasteiger partial charge in [-0.2, -0.15) is 15.3 Å². The lowest BCUT2D eigenvalue weighted by atomic mass is 9.77. The summed E-state index contributed by atoms with van der Waals surface area (Å²) in [4.78, 5) is 33.5. The number of amides is 2. The van der Waals surface area contributed by atoms with Gasteiger partial charge in [0.15, 0.2) is 17.9 Å². The van der Waals surface area contributed by atoms with E-state index in [2.05, 4.69) is 127 Å². The number of H-pyrrole nitrogens is 2. The summed E-state index contributed by atoms with van der Waals surface area (Å²) in [6.07, 6.45) is 8.82. The molecular weight excluding hydrogens is 961 g/mol. The van der Waals surface area contributed by atoms with E-state index in [1.807, 2.05) is 114 Å². The van der Waals surface area contributed by atoms with Crippen molar-refractivity contribution in [3.8, 4) is 45.3 Å². The van der Waals surface area contributed by atoms with Gasteiger partial charge in [0, 0.05) is 63.8 Å². The van der Waals surface area contributed by atoms with Crippen molar-refractivity contribution in [1.82, 2.24) is 49.9 Å². The molecule has 12 rings (SSSR count). The predicted molar refractivity (Wildman–Crippen MR) is 302 cm³/mol. The first kappa shape index (κ1) is 49.9. The molecule has 15 nitrogen and oxygen atoms in total. The van der Waals surface area contributed by atoms with E-state index in [1.54, 1.807) is 0 Å². The predicted octanol–water partition coefficient (Wildman–Crippen LogP) is 13.0. The summed E-state index contributed by atoms with van der Waals surface area (Å²) in [6, 6.07) is 59.3. The minimum atomic E-state index is -0.768. The summed E-state index contributed by atoms with van der Waals surface area (Å²) < 4.78 is 10.2. The molecule has 4 N–H and O–H groups in total. The summed E-state index contributed by atoms with van der Waals surface area (Å²) in [5, 5.41) is 32.6. The van der Waals surface area contributed by atoms with Crippen molar-refractivity contribution < 1.29 is 14.3 Å². The van der Waals surface area contributed by atoms with Gasteiger partial charge in [-0.1, -0.05) is 129 Å². The zero-order chi connectivity index (χ0) is 52.6. The zero-order valence-electron chi connectivity index (χ0n) is 42.9. The molecule has 11 aromatic rings. The smallest absolute Gasteiger partial charge is 0.224 e. The van der Waals surface area contributed by atoms with Crippen molar-refractivity contribution in [2.24, 2.45) is 0 Å². The topological polar surface area (TPSA) is 186 Å². The molecule has 1 saturated heterocycles. The highest BCUT2D eigenvalue weighted by Gasteiger charge is 2.40. The molecule has 15 heteroatoms. The molecule has 4 aromatic heterocycles. The molecule has 384 valence electrons. The highest BCUT2D eigenvalue weighted by Crippen LogP contribution is 2.42. The summed E-state index contributed by atoms with van der Waals surface area (Å²) in [5.41, 5.74) is 11.2. The van der Waals surface area contributed by atoms with Crippen molar-refractivity contribution in [3.05, 3.63) is 205 Å². The second-order valence-electron chi connectivity index (χ2n) is 19.1. The number of rotatable bonds is 15. The van der Waals surface area contributed by atoms with E-state index in [9.17, 15) is 9.59 Å². The molecule has 0 radical (unpaired) electrons. The Kier molecular flexibility index (Phi) is 14.7. The van der Waals surface area contributed by atoms with Gasteiger partial charge >= 0.3 is 0 Å². The number of carbonyl (C=O) groups is 2. The van der Waals surface area contributed by atoms with Crippen molar-refractivity contribution in [2.75, 3.05) is 17.2 Å². The largest absolute Gasteiger partial charge is 0.356 e. The number of nitrogens with one attached hydrogen (secondary N) is 4. The molecule has 0 spiro atoms. The van der Waals surface area contributed by atoms with Crippen LogP contribution in [0, 0.1) is 0 Å². The van der Waals surface area contributed by atoms with E-state index in [4.69, 9.17) is 19.9 Å². The number of ether oxygens (including phenoxy) is 1. The fraction of sp³-hybridized carbons (Fsp3) is 0.194. The average Bonchev–Trinajstić information content (AvgIpc) is 4.34. The van der Waals surface area contributed by atoms with Crippen LogP contribution in [0.25, 0.3) is 67.1 Å². The fourth-order valence-corrected chi connectivity index (χ4v) is 10.2. The van der Waals surface area contributed by atoms with Gasteiger partial charge in [0.1, 0.15) is 23.9 Å². The third-order valence-electron chi connectivity index (χ3n) is 13.8. The van der Waals surface area contributed by atoms with Crippen LogP contribution >= 0.6 is 0 Å². The van der Waals surface area contributed by atoms with Crippen LogP contribution in [-0.2, 0) is 19.9 Å². The number of carbonyl (C=O) groups excluding carboxylic acids is 2. The number of anilines is 2. The maximum Gasteiger partial charge on any atom is 0.224 e. The monoisotopic (exact) mass is 1020 g/mol. The Balaban J connectivity index is 0.000000203. The number of aromatic nitrogens is 10. The molecule has 0 aliphatic carbocycles. The third-order valence-corrected chi connectivity index (χ3v) is 13.8. The first-order valence-corrected chi connectivity index (χ1v) is 26.3. The quantitative estimate of drug-likeness (QED) is 0.0725. The van der Waals surface area contributed by atoms with Crippen LogP contribution in [0.3, 0.4) is 0 Å². The summed E-state index contributed by atoms with van der Waals surface area (Å²) in [7, 11) is 0. The standard InChI is InChI=1S/C43H40N6O2.C19H18N6O/c1-2-15-39(50)45-36-23-14-16-31(28-36)41-37-29-32(25-26-38(37)49(46-41)40-24-12-13-27-51-40)42-44-30-48(47-42)43(33-17-6-3-7-18-33,34-19-8-4-9-20-34)35-21-10-5-11-22-35;1-2-4-17(26)22-14-6-3-5-12(9-14)18-15-10-13(19-20-11-21-25-19)7-8-16(15)23-24-18/h3-11,14,16-23,25-26,28-30,40H,2,12-13,15,24,27H2,1H3,(H,45,50);3,5-11H,2,4H2,1H3,(H,22,26)(H,23,24)(H,20,21,25). The Morgan fingerprint density at radius 2 is 1.22 bits per heavy atom. The van der Waals surface area contributed by atoms with Crippen LogP contribution in [0.15, 0.2) is 189 Å². The minimum absolute atomic E-state index is 0.00201. The molecule has 1 aliphatic rings. The van der Waals surface area contributed by atoms with E-state index < -0.39 is 5.54 Å². The molecule has 0 saturated carbocycles. The SMILES string of the molecule is CCCC(=O)Nc1cccc(-c2n[nH]c3ccc(-c4ncn[nH]4)cc23)c1.CCCC(=O)Nc1cccc(-c2nn(C3CCCCO3)c3ccc(-c4ncn(C(c5ccccc5)(c5ccccc5)c5ccccc5)n4)cc23)c1. The molecule has 5 heterocycles. The third kappa shape index (κ3) is 10.4. The Hall–Kier alpha value is -9.34. The van der Waals surface area contributed by atoms with Crippen LogP contribution in [0.1, 0.15) is 81.7 Å². The van der Waals surface area contributed by atoms with E-state index in [-0.39, 0.29) is 18.0 Å². The lowest BCUT2D eigenvalue weighted by Gasteiger charge is -2.35. The van der Waals surface area contributed by atoms with Crippen molar-refractivity contribution in [3.63, 3.8) is 0 Å². The molecule has 0 bridgehead atoms. The van der Waals surface area contributed by atoms with Gasteiger partial charge < -0.3 is 15.4 Å². The zero-order valence-corrected chi connectivity index (χ0v) is 42.9. The lowest BCUT2D eigenvalue weighted by molar-refractivity contribution is -0.117. The van der Waals surface area contributed by atoms with Gasteiger partial charge in [-0.25, -0.2) is 19.3 Å². The molecular formula is C62H58N12O3. The Labute approximate surface area is 445 Å². The first-order valence-electron chi connectivity index (χ1n) is 26.3. The number of benzene rings is 7. The van der Waals surface area contributed by atoms with Crippen molar-refractivity contribution in [1.29, 1.82) is 0 Å². The molecule has 77 heavy (non-hydrogen) atoms. The van der Waals surface area contributed by atoms with Gasteiger partial charge in [-0.15, -0.1) is 5.10 Å². The fourth-order valence-electron chi connectivity index (χ4n) is 10.2. The van der Waals surface area contributed by atoms with Gasteiger partial charge in [-0.3, -0.25) is 19.8 Å². The van der Waals surface area contributed by atoms with Crippen LogP contribution in [0.5, 0.6) is 0 Å². The van der Waals surface area contributed by atoms with Crippen LogP contribution in [-0.4, -0.2) is 68.3 Å². The maximum atomic E-state index is 12.5. The number of hydrogen-bond donors (Lipinski definition) is 4. The normalized spacial score (nSPS) is 13.5. The summed E-state index contributed by atoms with van der Waals surface area (Å²) >= 11 is 0. The maximum absolute atomic E-state index is 12.5. The number of aromatic amines is 2. The van der Waals surface area contributed by atoms with Crippen LogP contribution in [0.2, 0.25) is 0 Å². The van der Waals surface area contributed by atoms with Crippen molar-refractivity contribution >= 4 is 45.0 Å². The van der Waals surface area contributed by atoms with Gasteiger partial charge in [0.2, 0.25) is 11.8 Å². The van der Waals surface area contributed by atoms with Crippen LogP contribution < -0.4 is 10.6 Å². The van der Waals surface area contributed by atoms with Gasteiger partial charge in [0.05, 0.1) is 16.7 Å². The first-order chi connectivity index (χ1) is 37.9. The van der Waals surface area contributed by atoms with E-state index >= 15 is 0 Å². The molecule has 2 amide bonds. The van der Waals surface area contributed by atoms with Gasteiger partial charge in [-0.05, 0) is 109 Å². The van der Waals surface area contributed by atoms with Crippen LogP contribution in [0.4, 0.5) is 11.4 Å². The average molecular weight is 1020 g/mol. The molecule has 1 fully saturated rings. The number of fused-ring (bicyclic) bond motifs is 2. The summed E-state index contributed by atoms with van der Waals surface area (Å²) in [5.74, 6) is 1.34. The Bertz CT molecular complexity index is 3670. The minimum Gasteiger partial charge on any atom is -0.356 e. The summed E-state index contributed by atoms with van der Waals surface area (Å²) in [6.45, 7) is 4.70. The molecule has 1 atom stereocenters. The number of hydrogen-bond acceptors (Lipinski definition) is 9. The second kappa shape index (κ2) is 22.6. The van der Waals surface area contributed by atoms with E-state index in [0.717, 1.165) is 116 Å². The molecule has 7 aromatic carbocycles. The lowest BCUT2D eigenvalue weighted by Crippen LogP contribution is -2.38. The second-order valence-corrected chi connectivity index (χ2v) is 19.1. The van der Waals surface area contributed by atoms with Crippen molar-refractivity contribution in [2.45, 2.75) is 70.6 Å². The van der Waals surface area contributed by atoms with E-state index in [1.165, 1.54) is 6.33 Å². The number of nitrogens with zero attached hydrogens (tertiary/aromatic N) is 8. The highest BCUT2D eigenvalue weighted by molar-refractivity contribution is 5.98. The Morgan fingerprint density at radius 3 is 1.81 bits per heavy atom. The Morgan fingerprint density at radius 1 is 0.610 bits per heavy atom. The molecule has 1 aliphatic heterocycles. The van der Waals surface area contributed by atoms with Gasteiger partial charge in [0.25, 0.3) is 0 Å². The highest BCUT2D eigenvalue weighted by atomic mass is 16.5. The van der Waals surface area contributed by atoms with E-state index in [0.29, 0.717) is 31.1 Å².